The number of nitrogens with zero attached hydrogens (tertiary/aromatic N) is 2. The third-order valence-corrected chi connectivity index (χ3v) is 5.47. The predicted molar refractivity (Wildman–Crippen MR) is 127 cm³/mol. The molecule has 0 aliphatic rings. The van der Waals surface area contributed by atoms with Crippen molar-refractivity contribution >= 4 is 0 Å². The SMILES string of the molecule is Cc1ccc(-c2cc(-c3ccccc3)[n+](-c3ccccn3)c(-c3ccccc3)c2)cc1. The molecule has 0 spiro atoms. The summed E-state index contributed by atoms with van der Waals surface area (Å²) in [7, 11) is 0. The van der Waals surface area contributed by atoms with Gasteiger partial charge in [-0.3, -0.25) is 0 Å². The summed E-state index contributed by atoms with van der Waals surface area (Å²) in [5.41, 5.74) is 8.17. The third-order valence-electron chi connectivity index (χ3n) is 5.47. The van der Waals surface area contributed by atoms with Gasteiger partial charge in [-0.15, -0.1) is 0 Å². The molecule has 2 heterocycles. The van der Waals surface area contributed by atoms with Gasteiger partial charge in [-0.1, -0.05) is 96.6 Å². The molecule has 0 amide bonds. The van der Waals surface area contributed by atoms with Gasteiger partial charge in [0.05, 0.1) is 0 Å². The second-order valence-electron chi connectivity index (χ2n) is 7.64. The molecule has 0 saturated carbocycles. The highest BCUT2D eigenvalue weighted by atomic mass is 15.1. The Morgan fingerprint density at radius 2 is 1.06 bits per heavy atom. The highest BCUT2D eigenvalue weighted by Gasteiger charge is 2.22. The molecular formula is C29H23N2+. The first kappa shape index (κ1) is 19.0. The maximum atomic E-state index is 4.70. The Morgan fingerprint density at radius 3 is 1.58 bits per heavy atom. The lowest BCUT2D eigenvalue weighted by Gasteiger charge is -2.15. The minimum Gasteiger partial charge on any atom is -0.189 e. The Kier molecular flexibility index (Phi) is 5.12. The first-order valence-electron chi connectivity index (χ1n) is 10.5. The molecule has 0 aliphatic heterocycles. The van der Waals surface area contributed by atoms with E-state index < -0.39 is 0 Å². The molecule has 2 aromatic heterocycles. The summed E-state index contributed by atoms with van der Waals surface area (Å²) < 4.78 is 2.25. The number of rotatable bonds is 4. The van der Waals surface area contributed by atoms with Crippen molar-refractivity contribution in [3.8, 4) is 39.5 Å². The van der Waals surface area contributed by atoms with E-state index >= 15 is 0 Å². The maximum Gasteiger partial charge on any atom is 0.328 e. The van der Waals surface area contributed by atoms with E-state index in [9.17, 15) is 0 Å². The molecule has 0 unspecified atom stereocenters. The fourth-order valence-corrected chi connectivity index (χ4v) is 3.88. The van der Waals surface area contributed by atoms with E-state index in [1.54, 1.807) is 0 Å². The molecule has 2 heteroatoms. The van der Waals surface area contributed by atoms with Gasteiger partial charge in [0.15, 0.2) is 0 Å². The van der Waals surface area contributed by atoms with Crippen molar-refractivity contribution in [3.05, 3.63) is 127 Å². The Bertz CT molecular complexity index is 1230. The Labute approximate surface area is 183 Å². The highest BCUT2D eigenvalue weighted by Crippen LogP contribution is 2.30. The van der Waals surface area contributed by atoms with Gasteiger partial charge in [0.1, 0.15) is 17.6 Å². The summed E-state index contributed by atoms with van der Waals surface area (Å²) in [6.07, 6.45) is 1.85. The van der Waals surface area contributed by atoms with Gasteiger partial charge in [0.25, 0.3) is 0 Å². The van der Waals surface area contributed by atoms with Crippen LogP contribution in [0.1, 0.15) is 5.56 Å². The van der Waals surface area contributed by atoms with E-state index in [1.165, 1.54) is 16.7 Å². The van der Waals surface area contributed by atoms with Crippen molar-refractivity contribution < 1.29 is 4.57 Å². The van der Waals surface area contributed by atoms with E-state index in [1.807, 2.05) is 18.3 Å². The zero-order valence-electron chi connectivity index (χ0n) is 17.4. The number of hydrogen-bond acceptors (Lipinski definition) is 1. The summed E-state index contributed by atoms with van der Waals surface area (Å²) in [6.45, 7) is 2.12. The lowest BCUT2D eigenvalue weighted by atomic mass is 9.98. The summed E-state index contributed by atoms with van der Waals surface area (Å²) in [4.78, 5) is 4.70. The van der Waals surface area contributed by atoms with Crippen LogP contribution in [0.4, 0.5) is 0 Å². The summed E-state index contributed by atoms with van der Waals surface area (Å²) in [6, 6.07) is 40.4. The molecule has 5 aromatic rings. The van der Waals surface area contributed by atoms with Crippen LogP contribution < -0.4 is 4.57 Å². The van der Waals surface area contributed by atoms with Gasteiger partial charge in [0.2, 0.25) is 0 Å². The number of hydrogen-bond donors (Lipinski definition) is 0. The number of pyridine rings is 2. The largest absolute Gasteiger partial charge is 0.328 e. The molecule has 3 aromatic carbocycles. The van der Waals surface area contributed by atoms with E-state index in [-0.39, 0.29) is 0 Å². The van der Waals surface area contributed by atoms with E-state index in [0.29, 0.717) is 0 Å². The number of aromatic nitrogens is 2. The van der Waals surface area contributed by atoms with Gasteiger partial charge < -0.3 is 0 Å². The minimum atomic E-state index is 0.899. The first-order chi connectivity index (χ1) is 15.3. The average Bonchev–Trinajstić information content (AvgIpc) is 2.85. The maximum absolute atomic E-state index is 4.70. The standard InChI is InChI=1S/C29H23N2/c1-22-15-17-23(18-16-22)26-20-27(24-10-4-2-5-11-24)31(29-14-8-9-19-30-29)28(21-26)25-12-6-3-7-13-25/h2-21H,1H3/q+1. The molecule has 0 saturated heterocycles. The van der Waals surface area contributed by atoms with Crippen LogP contribution in [0.25, 0.3) is 39.5 Å². The third kappa shape index (κ3) is 3.88. The summed E-state index contributed by atoms with van der Waals surface area (Å²) in [5, 5.41) is 0. The van der Waals surface area contributed by atoms with Gasteiger partial charge in [-0.05, 0) is 41.2 Å². The van der Waals surface area contributed by atoms with Gasteiger partial charge in [-0.2, -0.15) is 4.57 Å². The smallest absolute Gasteiger partial charge is 0.189 e. The van der Waals surface area contributed by atoms with E-state index in [4.69, 9.17) is 4.98 Å². The molecule has 0 aliphatic carbocycles. The van der Waals surface area contributed by atoms with Gasteiger partial charge in [-0.25, -0.2) is 0 Å². The first-order valence-corrected chi connectivity index (χ1v) is 10.5. The molecule has 0 N–H and O–H groups in total. The second kappa shape index (κ2) is 8.37. The van der Waals surface area contributed by atoms with Crippen LogP contribution >= 0.6 is 0 Å². The Balaban J connectivity index is 1.86. The molecule has 31 heavy (non-hydrogen) atoms. The molecule has 0 bridgehead atoms. The fourth-order valence-electron chi connectivity index (χ4n) is 3.88. The topological polar surface area (TPSA) is 16.8 Å². The van der Waals surface area contributed by atoms with Crippen molar-refractivity contribution in [2.45, 2.75) is 6.92 Å². The van der Waals surface area contributed by atoms with Crippen molar-refractivity contribution in [1.82, 2.24) is 4.98 Å². The average molecular weight is 400 g/mol. The zero-order chi connectivity index (χ0) is 21.0. The van der Waals surface area contributed by atoms with Crippen LogP contribution in [-0.2, 0) is 0 Å². The molecule has 0 atom stereocenters. The molecule has 0 radical (unpaired) electrons. The van der Waals surface area contributed by atoms with Crippen molar-refractivity contribution in [3.63, 3.8) is 0 Å². The zero-order valence-corrected chi connectivity index (χ0v) is 17.4. The molecule has 0 fully saturated rings. The molecule has 148 valence electrons. The van der Waals surface area contributed by atoms with Crippen molar-refractivity contribution in [2.24, 2.45) is 0 Å². The predicted octanol–water partition coefficient (Wildman–Crippen LogP) is 6.67. The van der Waals surface area contributed by atoms with Crippen molar-refractivity contribution in [2.75, 3.05) is 0 Å². The summed E-state index contributed by atoms with van der Waals surface area (Å²) >= 11 is 0. The molecular weight excluding hydrogens is 376 g/mol. The monoisotopic (exact) mass is 399 g/mol. The van der Waals surface area contributed by atoms with Crippen LogP contribution in [0, 0.1) is 6.92 Å². The van der Waals surface area contributed by atoms with E-state index in [2.05, 4.69) is 115 Å². The van der Waals surface area contributed by atoms with Crippen LogP contribution in [0.3, 0.4) is 0 Å². The lowest BCUT2D eigenvalue weighted by molar-refractivity contribution is -0.576. The summed E-state index contributed by atoms with van der Waals surface area (Å²) in [5.74, 6) is 0.899. The Hall–Kier alpha value is -4.04. The van der Waals surface area contributed by atoms with Gasteiger partial charge >= 0.3 is 5.82 Å². The number of aryl methyl sites for hydroxylation is 1. The molecule has 2 nitrogen and oxygen atoms in total. The normalized spacial score (nSPS) is 10.7. The van der Waals surface area contributed by atoms with Crippen LogP contribution in [0.15, 0.2) is 121 Å². The van der Waals surface area contributed by atoms with E-state index in [0.717, 1.165) is 28.3 Å². The minimum absolute atomic E-state index is 0.899. The lowest BCUT2D eigenvalue weighted by Crippen LogP contribution is -2.37. The Morgan fingerprint density at radius 1 is 0.516 bits per heavy atom. The fraction of sp³-hybridized carbons (Fsp3) is 0.0345. The quantitative estimate of drug-likeness (QED) is 0.309. The van der Waals surface area contributed by atoms with Crippen LogP contribution in [-0.4, -0.2) is 4.98 Å². The second-order valence-corrected chi connectivity index (χ2v) is 7.64. The van der Waals surface area contributed by atoms with Crippen LogP contribution in [0.2, 0.25) is 0 Å². The number of benzene rings is 3. The van der Waals surface area contributed by atoms with Crippen LogP contribution in [0.5, 0.6) is 0 Å². The van der Waals surface area contributed by atoms with Crippen molar-refractivity contribution in [1.29, 1.82) is 0 Å². The van der Waals surface area contributed by atoms with Gasteiger partial charge in [0, 0.05) is 17.2 Å². The highest BCUT2D eigenvalue weighted by molar-refractivity contribution is 5.74. The molecule has 5 rings (SSSR count).